The van der Waals surface area contributed by atoms with Crippen LogP contribution < -0.4 is 11.1 Å². The average molecular weight is 437 g/mol. The molecule has 0 bridgehead atoms. The molecular weight excluding hydrogens is 412 g/mol. The van der Waals surface area contributed by atoms with Crippen LogP contribution in [0.4, 0.5) is 5.69 Å². The molecule has 1 aromatic heterocycles. The Balaban J connectivity index is 1.54. The maximum absolute atomic E-state index is 11.8. The van der Waals surface area contributed by atoms with Crippen molar-refractivity contribution in [2.24, 2.45) is 5.73 Å². The Labute approximate surface area is 191 Å². The summed E-state index contributed by atoms with van der Waals surface area (Å²) in [7, 11) is 0. The van der Waals surface area contributed by atoms with E-state index in [1.54, 1.807) is 0 Å². The van der Waals surface area contributed by atoms with Gasteiger partial charge in [0.05, 0.1) is 23.7 Å². The molecule has 1 heterocycles. The Kier molecular flexibility index (Phi) is 5.60. The Bertz CT molecular complexity index is 1450. The molecular formula is C27H24N4O2. The topological polar surface area (TPSA) is 93.2 Å². The highest BCUT2D eigenvalue weighted by molar-refractivity contribution is 6.08. The van der Waals surface area contributed by atoms with Crippen LogP contribution in [0.1, 0.15) is 12.1 Å². The Morgan fingerprint density at radius 3 is 2.45 bits per heavy atom. The van der Waals surface area contributed by atoms with Crippen molar-refractivity contribution in [2.45, 2.75) is 13.0 Å². The number of aliphatic hydroxyl groups excluding tert-OH is 1. The molecule has 0 saturated carbocycles. The Morgan fingerprint density at radius 2 is 1.67 bits per heavy atom. The zero-order chi connectivity index (χ0) is 22.8. The lowest BCUT2D eigenvalue weighted by Gasteiger charge is -2.11. The molecule has 0 atom stereocenters. The zero-order valence-electron chi connectivity index (χ0n) is 18.0. The van der Waals surface area contributed by atoms with Crippen LogP contribution >= 0.6 is 0 Å². The lowest BCUT2D eigenvalue weighted by molar-refractivity contribution is -0.116. The normalized spacial score (nSPS) is 11.2. The molecule has 4 aromatic carbocycles. The zero-order valence-corrected chi connectivity index (χ0v) is 18.0. The van der Waals surface area contributed by atoms with Crippen LogP contribution in [0.25, 0.3) is 38.5 Å². The third kappa shape index (κ3) is 4.09. The molecule has 6 heteroatoms. The van der Waals surface area contributed by atoms with Gasteiger partial charge in [0.2, 0.25) is 5.91 Å². The fraction of sp³-hybridized carbons (Fsp3) is 0.111. The molecule has 0 radical (unpaired) electrons. The highest BCUT2D eigenvalue weighted by Crippen LogP contribution is 2.31. The number of anilines is 1. The average Bonchev–Trinajstić information content (AvgIpc) is 3.29. The first-order chi connectivity index (χ1) is 16.2. The first-order valence-electron chi connectivity index (χ1n) is 10.9. The summed E-state index contributed by atoms with van der Waals surface area (Å²) in [5, 5.41) is 21.9. The number of rotatable bonds is 6. The number of hydrogen-bond donors (Lipinski definition) is 3. The minimum absolute atomic E-state index is 0.115. The van der Waals surface area contributed by atoms with Crippen LogP contribution in [0.5, 0.6) is 0 Å². The van der Waals surface area contributed by atoms with Gasteiger partial charge in [-0.05, 0) is 57.9 Å². The summed E-state index contributed by atoms with van der Waals surface area (Å²) < 4.78 is 1.82. The molecule has 164 valence electrons. The third-order valence-electron chi connectivity index (χ3n) is 5.73. The molecule has 0 aliphatic carbocycles. The first-order valence-corrected chi connectivity index (χ1v) is 10.9. The molecule has 0 aliphatic heterocycles. The number of nitrogens with two attached hydrogens (primary N) is 1. The standard InChI is InChI=1S/C27H24N4O2/c28-14-13-27(33)29-21-8-10-23(11-9-21)31-26(16-22(17-32)30-31)20-7-12-25-19(15-20)6-5-18-3-1-2-4-24(18)25/h1-12,15-16,32H,13-14,17,28H2,(H,29,33). The van der Waals surface area contributed by atoms with Gasteiger partial charge in [-0.1, -0.05) is 48.5 Å². The van der Waals surface area contributed by atoms with Crippen molar-refractivity contribution in [1.29, 1.82) is 0 Å². The van der Waals surface area contributed by atoms with Crippen LogP contribution in [-0.4, -0.2) is 27.3 Å². The van der Waals surface area contributed by atoms with Gasteiger partial charge in [-0.25, -0.2) is 4.68 Å². The van der Waals surface area contributed by atoms with Gasteiger partial charge in [-0.15, -0.1) is 0 Å². The van der Waals surface area contributed by atoms with Gasteiger partial charge < -0.3 is 16.2 Å². The molecule has 0 aliphatic rings. The highest BCUT2D eigenvalue weighted by atomic mass is 16.3. The number of aliphatic hydroxyl groups is 1. The van der Waals surface area contributed by atoms with Gasteiger partial charge in [0, 0.05) is 24.2 Å². The fourth-order valence-corrected chi connectivity index (χ4v) is 4.12. The summed E-state index contributed by atoms with van der Waals surface area (Å²) in [5.41, 5.74) is 9.45. The number of hydrogen-bond acceptors (Lipinski definition) is 4. The van der Waals surface area contributed by atoms with E-state index in [9.17, 15) is 9.90 Å². The molecule has 0 fully saturated rings. The second kappa shape index (κ2) is 8.86. The van der Waals surface area contributed by atoms with E-state index in [1.165, 1.54) is 16.2 Å². The molecule has 0 saturated heterocycles. The Hall–Kier alpha value is -4.00. The number of carbonyl (C=O) groups excluding carboxylic acids is 1. The van der Waals surface area contributed by atoms with Crippen molar-refractivity contribution in [3.8, 4) is 16.9 Å². The van der Waals surface area contributed by atoms with Crippen LogP contribution in [0, 0.1) is 0 Å². The summed E-state index contributed by atoms with van der Waals surface area (Å²) in [4.78, 5) is 11.8. The molecule has 33 heavy (non-hydrogen) atoms. The summed E-state index contributed by atoms with van der Waals surface area (Å²) in [5.74, 6) is -0.115. The molecule has 5 rings (SSSR count). The molecule has 4 N–H and O–H groups in total. The quantitative estimate of drug-likeness (QED) is 0.339. The highest BCUT2D eigenvalue weighted by Gasteiger charge is 2.13. The molecule has 5 aromatic rings. The van der Waals surface area contributed by atoms with E-state index in [0.29, 0.717) is 17.9 Å². The van der Waals surface area contributed by atoms with Crippen molar-refractivity contribution in [3.05, 3.63) is 90.6 Å². The number of fused-ring (bicyclic) bond motifs is 3. The number of amides is 1. The summed E-state index contributed by atoms with van der Waals surface area (Å²) in [6, 6.07) is 28.4. The van der Waals surface area contributed by atoms with Crippen LogP contribution in [-0.2, 0) is 11.4 Å². The third-order valence-corrected chi connectivity index (χ3v) is 5.73. The van der Waals surface area contributed by atoms with E-state index in [1.807, 2.05) is 41.1 Å². The van der Waals surface area contributed by atoms with Crippen molar-refractivity contribution >= 4 is 33.1 Å². The lowest BCUT2D eigenvalue weighted by atomic mass is 9.99. The number of carbonyl (C=O) groups is 1. The smallest absolute Gasteiger partial charge is 0.225 e. The second-order valence-electron chi connectivity index (χ2n) is 7.95. The van der Waals surface area contributed by atoms with Crippen LogP contribution in [0.15, 0.2) is 84.9 Å². The van der Waals surface area contributed by atoms with Crippen molar-refractivity contribution < 1.29 is 9.90 Å². The SMILES string of the molecule is NCCC(=O)Nc1ccc(-n2nc(CO)cc2-c2ccc3c(ccc4ccccc43)c2)cc1. The lowest BCUT2D eigenvalue weighted by Crippen LogP contribution is -2.16. The first kappa shape index (κ1) is 20.9. The van der Waals surface area contributed by atoms with Crippen molar-refractivity contribution in [2.75, 3.05) is 11.9 Å². The van der Waals surface area contributed by atoms with Gasteiger partial charge in [0.1, 0.15) is 0 Å². The summed E-state index contributed by atoms with van der Waals surface area (Å²) in [6.45, 7) is 0.164. The Morgan fingerprint density at radius 1 is 0.909 bits per heavy atom. The van der Waals surface area contributed by atoms with Gasteiger partial charge in [-0.3, -0.25) is 4.79 Å². The van der Waals surface area contributed by atoms with Crippen LogP contribution in [0.3, 0.4) is 0 Å². The molecule has 6 nitrogen and oxygen atoms in total. The predicted octanol–water partition coefficient (Wildman–Crippen LogP) is 4.63. The van der Waals surface area contributed by atoms with Crippen LogP contribution in [0.2, 0.25) is 0 Å². The maximum Gasteiger partial charge on any atom is 0.225 e. The number of aromatic nitrogens is 2. The number of nitrogens with one attached hydrogen (secondary N) is 1. The van der Waals surface area contributed by atoms with Gasteiger partial charge >= 0.3 is 0 Å². The minimum Gasteiger partial charge on any atom is -0.390 e. The van der Waals surface area contributed by atoms with E-state index in [0.717, 1.165) is 22.3 Å². The van der Waals surface area contributed by atoms with Gasteiger partial charge in [-0.2, -0.15) is 5.10 Å². The molecule has 0 unspecified atom stereocenters. The van der Waals surface area contributed by atoms with Gasteiger partial charge in [0.15, 0.2) is 0 Å². The monoisotopic (exact) mass is 436 g/mol. The van der Waals surface area contributed by atoms with Crippen molar-refractivity contribution in [1.82, 2.24) is 9.78 Å². The van der Waals surface area contributed by atoms with Gasteiger partial charge in [0.25, 0.3) is 0 Å². The van der Waals surface area contributed by atoms with Crippen molar-refractivity contribution in [3.63, 3.8) is 0 Å². The molecule has 1 amide bonds. The van der Waals surface area contributed by atoms with E-state index in [-0.39, 0.29) is 18.9 Å². The second-order valence-corrected chi connectivity index (χ2v) is 7.95. The largest absolute Gasteiger partial charge is 0.390 e. The molecule has 0 spiro atoms. The van der Waals surface area contributed by atoms with E-state index in [2.05, 4.69) is 58.9 Å². The van der Waals surface area contributed by atoms with E-state index < -0.39 is 0 Å². The predicted molar refractivity (Wildman–Crippen MR) is 132 cm³/mol. The van der Waals surface area contributed by atoms with E-state index >= 15 is 0 Å². The number of benzene rings is 4. The summed E-state index contributed by atoms with van der Waals surface area (Å²) in [6.07, 6.45) is 0.280. The minimum atomic E-state index is -0.147. The number of nitrogens with zero attached hydrogens (tertiary/aromatic N) is 2. The summed E-state index contributed by atoms with van der Waals surface area (Å²) >= 11 is 0. The van der Waals surface area contributed by atoms with E-state index in [4.69, 9.17) is 5.73 Å². The fourth-order valence-electron chi connectivity index (χ4n) is 4.12. The maximum atomic E-state index is 11.8.